The lowest BCUT2D eigenvalue weighted by Crippen LogP contribution is -2.36. The summed E-state index contributed by atoms with van der Waals surface area (Å²) in [5.41, 5.74) is 2.74. The van der Waals surface area contributed by atoms with Crippen molar-refractivity contribution in [3.05, 3.63) is 28.2 Å². The van der Waals surface area contributed by atoms with Crippen molar-refractivity contribution in [2.45, 2.75) is 26.3 Å². The lowest BCUT2D eigenvalue weighted by molar-refractivity contribution is 0.222. The minimum atomic E-state index is 0.821. The van der Waals surface area contributed by atoms with Crippen LogP contribution in [0.25, 0.3) is 0 Å². The summed E-state index contributed by atoms with van der Waals surface area (Å²) in [5, 5.41) is 3.44. The van der Waals surface area contributed by atoms with E-state index in [-0.39, 0.29) is 0 Å². The summed E-state index contributed by atoms with van der Waals surface area (Å²) < 4.78 is 1.16. The number of rotatable bonds is 6. The number of halogens is 1. The van der Waals surface area contributed by atoms with E-state index in [0.29, 0.717) is 0 Å². The molecule has 1 aliphatic heterocycles. The monoisotopic (exact) mass is 353 g/mol. The van der Waals surface area contributed by atoms with Gasteiger partial charge >= 0.3 is 0 Å². The fourth-order valence-electron chi connectivity index (χ4n) is 3.06. The van der Waals surface area contributed by atoms with Crippen molar-refractivity contribution in [2.75, 3.05) is 45.2 Å². The van der Waals surface area contributed by atoms with Crippen LogP contribution in [0.2, 0.25) is 0 Å². The average Bonchev–Trinajstić information content (AvgIpc) is 2.47. The molecule has 0 aliphatic carbocycles. The van der Waals surface area contributed by atoms with Gasteiger partial charge in [0.2, 0.25) is 0 Å². The van der Waals surface area contributed by atoms with Crippen LogP contribution in [0.3, 0.4) is 0 Å². The molecule has 1 N–H and O–H groups in total. The molecule has 4 heteroatoms. The molecule has 3 nitrogen and oxygen atoms in total. The summed E-state index contributed by atoms with van der Waals surface area (Å²) in [6.07, 6.45) is 2.64. The quantitative estimate of drug-likeness (QED) is 0.845. The van der Waals surface area contributed by atoms with Crippen LogP contribution in [0.1, 0.15) is 25.3 Å². The number of likely N-dealkylation sites (tertiary alicyclic amines) is 1. The summed E-state index contributed by atoms with van der Waals surface area (Å²) in [6.45, 7) is 7.73. The van der Waals surface area contributed by atoms with Crippen LogP contribution in [-0.2, 0) is 6.54 Å². The standard InChI is InChI=1S/C17H28BrN3/c1-4-19-12-15-11-16(18)5-6-17(15)21(3)13-14-7-9-20(2)10-8-14/h5-6,11,14,19H,4,7-10,12-13H2,1-3H3. The van der Waals surface area contributed by atoms with Crippen molar-refractivity contribution in [2.24, 2.45) is 5.92 Å². The molecule has 0 spiro atoms. The molecule has 0 saturated carbocycles. The van der Waals surface area contributed by atoms with Gasteiger partial charge in [0.05, 0.1) is 0 Å². The molecule has 2 rings (SSSR count). The van der Waals surface area contributed by atoms with Crippen molar-refractivity contribution < 1.29 is 0 Å². The van der Waals surface area contributed by atoms with Gasteiger partial charge in [-0.2, -0.15) is 0 Å². The molecule has 1 aliphatic rings. The largest absolute Gasteiger partial charge is 0.374 e. The number of hydrogen-bond acceptors (Lipinski definition) is 3. The highest BCUT2D eigenvalue weighted by molar-refractivity contribution is 9.10. The SMILES string of the molecule is CCNCc1cc(Br)ccc1N(C)CC1CCN(C)CC1. The predicted octanol–water partition coefficient (Wildman–Crippen LogP) is 3.34. The first-order chi connectivity index (χ1) is 10.1. The van der Waals surface area contributed by atoms with E-state index < -0.39 is 0 Å². The van der Waals surface area contributed by atoms with Crippen LogP contribution in [-0.4, -0.2) is 45.2 Å². The third-order valence-corrected chi connectivity index (χ3v) is 4.88. The summed E-state index contributed by atoms with van der Waals surface area (Å²) in [5.74, 6) is 0.821. The second kappa shape index (κ2) is 8.16. The van der Waals surface area contributed by atoms with E-state index in [1.807, 2.05) is 0 Å². The molecule has 0 aromatic heterocycles. The highest BCUT2D eigenvalue weighted by Crippen LogP contribution is 2.26. The van der Waals surface area contributed by atoms with Crippen LogP contribution in [0.4, 0.5) is 5.69 Å². The van der Waals surface area contributed by atoms with Gasteiger partial charge in [-0.1, -0.05) is 22.9 Å². The molecular formula is C17H28BrN3. The highest BCUT2D eigenvalue weighted by atomic mass is 79.9. The van der Waals surface area contributed by atoms with Crippen LogP contribution in [0.5, 0.6) is 0 Å². The normalized spacial score (nSPS) is 17.1. The molecule has 0 amide bonds. The highest BCUT2D eigenvalue weighted by Gasteiger charge is 2.19. The van der Waals surface area contributed by atoms with Crippen LogP contribution >= 0.6 is 15.9 Å². The first-order valence-corrected chi connectivity index (χ1v) is 8.78. The van der Waals surface area contributed by atoms with Gasteiger partial charge in [0, 0.05) is 30.3 Å². The average molecular weight is 354 g/mol. The van der Waals surface area contributed by atoms with E-state index >= 15 is 0 Å². The Morgan fingerprint density at radius 2 is 2.05 bits per heavy atom. The van der Waals surface area contributed by atoms with E-state index in [1.165, 1.54) is 37.2 Å². The summed E-state index contributed by atoms with van der Waals surface area (Å²) in [4.78, 5) is 4.88. The number of nitrogens with zero attached hydrogens (tertiary/aromatic N) is 2. The fourth-order valence-corrected chi connectivity index (χ4v) is 3.47. The van der Waals surface area contributed by atoms with Gasteiger partial charge in [-0.15, -0.1) is 0 Å². The number of piperidine rings is 1. The molecular weight excluding hydrogens is 326 g/mol. The summed E-state index contributed by atoms with van der Waals surface area (Å²) in [6, 6.07) is 6.63. The van der Waals surface area contributed by atoms with Crippen molar-refractivity contribution >= 4 is 21.6 Å². The Kier molecular flexibility index (Phi) is 6.52. The van der Waals surface area contributed by atoms with Crippen molar-refractivity contribution in [1.29, 1.82) is 0 Å². The molecule has 1 saturated heterocycles. The zero-order valence-electron chi connectivity index (χ0n) is 13.5. The van der Waals surface area contributed by atoms with Gasteiger partial charge in [-0.3, -0.25) is 0 Å². The molecule has 21 heavy (non-hydrogen) atoms. The van der Waals surface area contributed by atoms with E-state index in [2.05, 4.69) is 70.3 Å². The Morgan fingerprint density at radius 3 is 2.71 bits per heavy atom. The van der Waals surface area contributed by atoms with E-state index in [9.17, 15) is 0 Å². The number of nitrogens with one attached hydrogen (secondary N) is 1. The lowest BCUT2D eigenvalue weighted by atomic mass is 9.96. The van der Waals surface area contributed by atoms with Gasteiger partial charge in [-0.25, -0.2) is 0 Å². The van der Waals surface area contributed by atoms with Crippen molar-refractivity contribution in [3.63, 3.8) is 0 Å². The van der Waals surface area contributed by atoms with Gasteiger partial charge in [0.1, 0.15) is 0 Å². The molecule has 118 valence electrons. The Labute approximate surface area is 137 Å². The van der Waals surface area contributed by atoms with Gasteiger partial charge in [0.25, 0.3) is 0 Å². The first kappa shape index (κ1) is 16.8. The van der Waals surface area contributed by atoms with Gasteiger partial charge in [-0.05, 0) is 69.2 Å². The Morgan fingerprint density at radius 1 is 1.33 bits per heavy atom. The molecule has 0 unspecified atom stereocenters. The smallest absolute Gasteiger partial charge is 0.0410 e. The first-order valence-electron chi connectivity index (χ1n) is 7.99. The molecule has 0 bridgehead atoms. The van der Waals surface area contributed by atoms with Gasteiger partial charge < -0.3 is 15.1 Å². The van der Waals surface area contributed by atoms with E-state index in [1.54, 1.807) is 0 Å². The number of anilines is 1. The Hall–Kier alpha value is -0.580. The zero-order valence-corrected chi connectivity index (χ0v) is 15.1. The van der Waals surface area contributed by atoms with Crippen molar-refractivity contribution in [3.8, 4) is 0 Å². The van der Waals surface area contributed by atoms with E-state index in [4.69, 9.17) is 0 Å². The van der Waals surface area contributed by atoms with Gasteiger partial charge in [0.15, 0.2) is 0 Å². The predicted molar refractivity (Wildman–Crippen MR) is 95.0 cm³/mol. The second-order valence-electron chi connectivity index (χ2n) is 6.18. The van der Waals surface area contributed by atoms with E-state index in [0.717, 1.165) is 30.0 Å². The number of hydrogen-bond donors (Lipinski definition) is 1. The van der Waals surface area contributed by atoms with Crippen molar-refractivity contribution in [1.82, 2.24) is 10.2 Å². The Balaban J connectivity index is 2.02. The lowest BCUT2D eigenvalue weighted by Gasteiger charge is -2.33. The minimum Gasteiger partial charge on any atom is -0.374 e. The van der Waals surface area contributed by atoms with Crippen LogP contribution in [0, 0.1) is 5.92 Å². The van der Waals surface area contributed by atoms with Crippen LogP contribution < -0.4 is 10.2 Å². The Bertz CT molecular complexity index is 442. The molecule has 1 aromatic carbocycles. The topological polar surface area (TPSA) is 18.5 Å². The van der Waals surface area contributed by atoms with Crippen LogP contribution in [0.15, 0.2) is 22.7 Å². The maximum absolute atomic E-state index is 3.59. The second-order valence-corrected chi connectivity index (χ2v) is 7.10. The maximum atomic E-state index is 3.59. The molecule has 1 heterocycles. The zero-order chi connectivity index (χ0) is 15.2. The number of benzene rings is 1. The summed E-state index contributed by atoms with van der Waals surface area (Å²) >= 11 is 3.59. The fraction of sp³-hybridized carbons (Fsp3) is 0.647. The minimum absolute atomic E-state index is 0.821. The third kappa shape index (κ3) is 4.97. The molecule has 0 atom stereocenters. The maximum Gasteiger partial charge on any atom is 0.0410 e. The molecule has 1 aromatic rings. The third-order valence-electron chi connectivity index (χ3n) is 4.39. The summed E-state index contributed by atoms with van der Waals surface area (Å²) in [7, 11) is 4.46. The molecule has 1 fully saturated rings. The molecule has 0 radical (unpaired) electrons.